The lowest BCUT2D eigenvalue weighted by molar-refractivity contribution is 0.758. The maximum atomic E-state index is 5.08. The Labute approximate surface area is 51.6 Å². The summed E-state index contributed by atoms with van der Waals surface area (Å²) >= 11 is 0. The molecule has 0 aromatic carbocycles. The first kappa shape index (κ1) is 7.30. The summed E-state index contributed by atoms with van der Waals surface area (Å²) < 4.78 is 0. The van der Waals surface area contributed by atoms with Crippen molar-refractivity contribution >= 4 is 0 Å². The smallest absolute Gasteiger partial charge is 0.0146 e. The van der Waals surface area contributed by atoms with Crippen molar-refractivity contribution in [3.63, 3.8) is 0 Å². The van der Waals surface area contributed by atoms with Crippen LogP contribution in [-0.4, -0.2) is 0 Å². The maximum Gasteiger partial charge on any atom is 0.0146 e. The number of terminal acetylenes is 1. The van der Waals surface area contributed by atoms with Gasteiger partial charge in [-0.05, 0) is 12.8 Å². The van der Waals surface area contributed by atoms with Crippen LogP contribution in [0.4, 0.5) is 0 Å². The van der Waals surface area contributed by atoms with E-state index in [1.807, 2.05) is 13.0 Å². The van der Waals surface area contributed by atoms with E-state index >= 15 is 0 Å². The van der Waals surface area contributed by atoms with E-state index in [4.69, 9.17) is 6.42 Å². The Kier molecular flexibility index (Phi) is 4.07. The molecule has 0 nitrogen and oxygen atoms in total. The van der Waals surface area contributed by atoms with Crippen LogP contribution in [0.25, 0.3) is 0 Å². The third-order valence-corrected chi connectivity index (χ3v) is 0.961. The van der Waals surface area contributed by atoms with E-state index in [2.05, 4.69) is 18.9 Å². The summed E-state index contributed by atoms with van der Waals surface area (Å²) in [5.41, 5.74) is 0. The summed E-state index contributed by atoms with van der Waals surface area (Å²) in [5.74, 6) is 3.15. The van der Waals surface area contributed by atoms with E-state index < -0.39 is 0 Å². The fourth-order valence-electron chi connectivity index (χ4n) is 0.582. The van der Waals surface area contributed by atoms with Gasteiger partial charge in [0.1, 0.15) is 0 Å². The van der Waals surface area contributed by atoms with E-state index in [0.717, 1.165) is 6.42 Å². The number of allylic oxidation sites excluding steroid dienone is 2. The molecule has 0 amide bonds. The van der Waals surface area contributed by atoms with Crippen molar-refractivity contribution in [2.75, 3.05) is 0 Å². The van der Waals surface area contributed by atoms with E-state index in [1.165, 1.54) is 0 Å². The first-order valence-electron chi connectivity index (χ1n) is 2.87. The standard InChI is InChI=1S/C8H12/c1-4-6-8(3)7-5-2/h1,5,7-8H,6H2,2-3H3/b7-5-. The summed E-state index contributed by atoms with van der Waals surface area (Å²) in [7, 11) is 0. The van der Waals surface area contributed by atoms with Crippen molar-refractivity contribution in [2.24, 2.45) is 5.92 Å². The van der Waals surface area contributed by atoms with Gasteiger partial charge in [0, 0.05) is 6.42 Å². The van der Waals surface area contributed by atoms with Crippen molar-refractivity contribution < 1.29 is 0 Å². The Morgan fingerprint density at radius 3 is 2.75 bits per heavy atom. The van der Waals surface area contributed by atoms with E-state index in [-0.39, 0.29) is 0 Å². The molecule has 0 saturated heterocycles. The van der Waals surface area contributed by atoms with Gasteiger partial charge in [0.15, 0.2) is 0 Å². The lowest BCUT2D eigenvalue weighted by Crippen LogP contribution is -1.83. The Morgan fingerprint density at radius 2 is 2.38 bits per heavy atom. The highest BCUT2D eigenvalue weighted by Crippen LogP contribution is 2.00. The van der Waals surface area contributed by atoms with Crippen LogP contribution in [-0.2, 0) is 0 Å². The fourth-order valence-corrected chi connectivity index (χ4v) is 0.582. The third-order valence-electron chi connectivity index (χ3n) is 0.961. The molecular weight excluding hydrogens is 96.1 g/mol. The summed E-state index contributed by atoms with van der Waals surface area (Å²) in [6.07, 6.45) is 10.1. The third kappa shape index (κ3) is 3.49. The molecule has 0 fully saturated rings. The van der Waals surface area contributed by atoms with Crippen LogP contribution in [0, 0.1) is 18.3 Å². The van der Waals surface area contributed by atoms with Crippen LogP contribution in [0.1, 0.15) is 20.3 Å². The second-order valence-electron chi connectivity index (χ2n) is 1.91. The van der Waals surface area contributed by atoms with Crippen molar-refractivity contribution in [3.05, 3.63) is 12.2 Å². The number of hydrogen-bond donors (Lipinski definition) is 0. The minimum absolute atomic E-state index is 0.546. The highest BCUT2D eigenvalue weighted by Gasteiger charge is 1.88. The van der Waals surface area contributed by atoms with Crippen molar-refractivity contribution in [1.29, 1.82) is 0 Å². The number of hydrogen-bond acceptors (Lipinski definition) is 0. The highest BCUT2D eigenvalue weighted by molar-refractivity contribution is 4.93. The van der Waals surface area contributed by atoms with Crippen LogP contribution in [0.15, 0.2) is 12.2 Å². The summed E-state index contributed by atoms with van der Waals surface area (Å²) in [6.45, 7) is 4.12. The Hall–Kier alpha value is -0.700. The topological polar surface area (TPSA) is 0 Å². The van der Waals surface area contributed by atoms with Crippen LogP contribution in [0.2, 0.25) is 0 Å². The normalized spacial score (nSPS) is 13.6. The van der Waals surface area contributed by atoms with Gasteiger partial charge in [0.05, 0.1) is 0 Å². The first-order chi connectivity index (χ1) is 3.81. The maximum absolute atomic E-state index is 5.08. The second-order valence-corrected chi connectivity index (χ2v) is 1.91. The van der Waals surface area contributed by atoms with Crippen molar-refractivity contribution in [1.82, 2.24) is 0 Å². The molecule has 0 aromatic heterocycles. The van der Waals surface area contributed by atoms with Gasteiger partial charge in [-0.3, -0.25) is 0 Å². The molecule has 0 aliphatic rings. The van der Waals surface area contributed by atoms with Gasteiger partial charge in [-0.25, -0.2) is 0 Å². The molecule has 1 unspecified atom stereocenters. The van der Waals surface area contributed by atoms with Gasteiger partial charge in [-0.1, -0.05) is 19.1 Å². The molecule has 8 heavy (non-hydrogen) atoms. The van der Waals surface area contributed by atoms with Gasteiger partial charge in [-0.2, -0.15) is 0 Å². The van der Waals surface area contributed by atoms with Crippen molar-refractivity contribution in [2.45, 2.75) is 20.3 Å². The van der Waals surface area contributed by atoms with Crippen molar-refractivity contribution in [3.8, 4) is 12.3 Å². The van der Waals surface area contributed by atoms with Gasteiger partial charge in [0.25, 0.3) is 0 Å². The van der Waals surface area contributed by atoms with Gasteiger partial charge in [-0.15, -0.1) is 12.3 Å². The molecule has 0 saturated carbocycles. The quantitative estimate of drug-likeness (QED) is 0.376. The molecule has 0 N–H and O–H groups in total. The molecule has 0 heteroatoms. The molecule has 0 heterocycles. The molecule has 0 radical (unpaired) electrons. The molecule has 0 aliphatic heterocycles. The molecule has 44 valence electrons. The molecular formula is C8H12. The minimum atomic E-state index is 0.546. The molecule has 1 atom stereocenters. The lowest BCUT2D eigenvalue weighted by atomic mass is 10.1. The van der Waals surface area contributed by atoms with Crippen LogP contribution >= 0.6 is 0 Å². The zero-order chi connectivity index (χ0) is 6.41. The predicted molar refractivity (Wildman–Crippen MR) is 37.4 cm³/mol. The highest BCUT2D eigenvalue weighted by atomic mass is 13.9. The molecule has 0 spiro atoms. The SMILES string of the molecule is C#CCC(C)/C=C\C. The minimum Gasteiger partial charge on any atom is -0.120 e. The lowest BCUT2D eigenvalue weighted by Gasteiger charge is -1.95. The van der Waals surface area contributed by atoms with E-state index in [1.54, 1.807) is 0 Å². The van der Waals surface area contributed by atoms with Gasteiger partial charge >= 0.3 is 0 Å². The molecule has 0 rings (SSSR count). The second kappa shape index (κ2) is 4.46. The predicted octanol–water partition coefficient (Wildman–Crippen LogP) is 2.22. The molecule has 0 aromatic rings. The molecule has 0 aliphatic carbocycles. The fraction of sp³-hybridized carbons (Fsp3) is 0.500. The van der Waals surface area contributed by atoms with E-state index in [9.17, 15) is 0 Å². The van der Waals surface area contributed by atoms with Gasteiger partial charge < -0.3 is 0 Å². The Balaban J connectivity index is 3.36. The summed E-state index contributed by atoms with van der Waals surface area (Å²) in [4.78, 5) is 0. The van der Waals surface area contributed by atoms with Crippen LogP contribution < -0.4 is 0 Å². The van der Waals surface area contributed by atoms with Crippen LogP contribution in [0.3, 0.4) is 0 Å². The Morgan fingerprint density at radius 1 is 1.75 bits per heavy atom. The largest absolute Gasteiger partial charge is 0.120 e. The monoisotopic (exact) mass is 108 g/mol. The average molecular weight is 108 g/mol. The summed E-state index contributed by atoms with van der Waals surface area (Å²) in [5, 5.41) is 0. The zero-order valence-corrected chi connectivity index (χ0v) is 5.52. The van der Waals surface area contributed by atoms with Crippen LogP contribution in [0.5, 0.6) is 0 Å². The van der Waals surface area contributed by atoms with Gasteiger partial charge in [0.2, 0.25) is 0 Å². The zero-order valence-electron chi connectivity index (χ0n) is 5.52. The van der Waals surface area contributed by atoms with E-state index in [0.29, 0.717) is 5.92 Å². The Bertz CT molecular complexity index is 104. The number of rotatable bonds is 2. The summed E-state index contributed by atoms with van der Waals surface area (Å²) in [6, 6.07) is 0. The molecule has 0 bridgehead atoms. The average Bonchev–Trinajstić information content (AvgIpc) is 1.68. The first-order valence-corrected chi connectivity index (χ1v) is 2.87.